The summed E-state index contributed by atoms with van der Waals surface area (Å²) in [6, 6.07) is 21.8. The number of nitrogens with one attached hydrogen (secondary N) is 1. The molecule has 0 aliphatic heterocycles. The van der Waals surface area contributed by atoms with Gasteiger partial charge >= 0.3 is 0 Å². The lowest BCUT2D eigenvalue weighted by atomic mass is 10.2. The molecular formula is C17H16N4. The van der Waals surface area contributed by atoms with E-state index >= 15 is 0 Å². The average molecular weight is 276 g/mol. The van der Waals surface area contributed by atoms with Crippen molar-refractivity contribution in [2.24, 2.45) is 10.7 Å². The Balaban J connectivity index is 1.71. The molecule has 3 N–H and O–H groups in total. The minimum absolute atomic E-state index is 0.385. The number of pyridine rings is 1. The standard InChI is InChI=1S/C17H16N4/c18-17(21-14-7-2-1-3-8-14)19-12-15-11-10-13-6-4-5-9-16(13)20-15/h1-11H,12H2,(H3,18,19,21). The van der Waals surface area contributed by atoms with Crippen LogP contribution in [0.4, 0.5) is 5.69 Å². The quantitative estimate of drug-likeness (QED) is 0.570. The van der Waals surface area contributed by atoms with E-state index in [2.05, 4.69) is 15.3 Å². The van der Waals surface area contributed by atoms with Gasteiger partial charge in [-0.25, -0.2) is 4.99 Å². The lowest BCUT2D eigenvalue weighted by Crippen LogP contribution is -2.22. The summed E-state index contributed by atoms with van der Waals surface area (Å²) in [7, 11) is 0. The molecule has 1 heterocycles. The van der Waals surface area contributed by atoms with Crippen LogP contribution in [0.1, 0.15) is 5.69 Å². The normalized spacial score (nSPS) is 11.5. The molecule has 0 radical (unpaired) electrons. The second kappa shape index (κ2) is 6.05. The first kappa shape index (κ1) is 13.1. The molecular weight excluding hydrogens is 260 g/mol. The first-order valence-corrected chi connectivity index (χ1v) is 6.78. The molecule has 4 nitrogen and oxygen atoms in total. The van der Waals surface area contributed by atoms with Crippen LogP contribution >= 0.6 is 0 Å². The zero-order valence-electron chi connectivity index (χ0n) is 11.5. The summed E-state index contributed by atoms with van der Waals surface area (Å²) in [6.07, 6.45) is 0. The third-order valence-corrected chi connectivity index (χ3v) is 3.11. The van der Waals surface area contributed by atoms with Crippen molar-refractivity contribution in [1.29, 1.82) is 0 Å². The van der Waals surface area contributed by atoms with E-state index in [4.69, 9.17) is 5.73 Å². The van der Waals surface area contributed by atoms with Crippen molar-refractivity contribution in [3.63, 3.8) is 0 Å². The predicted molar refractivity (Wildman–Crippen MR) is 87.1 cm³/mol. The first-order chi connectivity index (χ1) is 10.3. The SMILES string of the molecule is NC(=NCc1ccc2ccccc2n1)Nc1ccccc1. The van der Waals surface area contributed by atoms with Gasteiger partial charge in [0.05, 0.1) is 17.8 Å². The molecule has 104 valence electrons. The fraction of sp³-hybridized carbons (Fsp3) is 0.0588. The Hall–Kier alpha value is -2.88. The monoisotopic (exact) mass is 276 g/mol. The summed E-state index contributed by atoms with van der Waals surface area (Å²) in [6.45, 7) is 0.455. The fourth-order valence-electron chi connectivity index (χ4n) is 2.07. The summed E-state index contributed by atoms with van der Waals surface area (Å²) in [5, 5.41) is 4.17. The van der Waals surface area contributed by atoms with E-state index in [1.807, 2.05) is 66.7 Å². The minimum atomic E-state index is 0.385. The van der Waals surface area contributed by atoms with Crippen molar-refractivity contribution >= 4 is 22.5 Å². The lowest BCUT2D eigenvalue weighted by molar-refractivity contribution is 1.000. The highest BCUT2D eigenvalue weighted by atomic mass is 15.1. The minimum Gasteiger partial charge on any atom is -0.370 e. The van der Waals surface area contributed by atoms with Gasteiger partial charge in [-0.1, -0.05) is 42.5 Å². The Morgan fingerprint density at radius 1 is 0.952 bits per heavy atom. The van der Waals surface area contributed by atoms with Crippen molar-refractivity contribution in [3.8, 4) is 0 Å². The number of hydrogen-bond acceptors (Lipinski definition) is 2. The van der Waals surface area contributed by atoms with Gasteiger partial charge in [-0.2, -0.15) is 0 Å². The molecule has 0 spiro atoms. The number of rotatable bonds is 3. The third kappa shape index (κ3) is 3.36. The number of fused-ring (bicyclic) bond motifs is 1. The third-order valence-electron chi connectivity index (χ3n) is 3.11. The number of anilines is 1. The van der Waals surface area contributed by atoms with Gasteiger partial charge in [0.2, 0.25) is 0 Å². The van der Waals surface area contributed by atoms with E-state index in [0.29, 0.717) is 12.5 Å². The maximum Gasteiger partial charge on any atom is 0.193 e. The van der Waals surface area contributed by atoms with Crippen molar-refractivity contribution in [2.75, 3.05) is 5.32 Å². The van der Waals surface area contributed by atoms with E-state index in [1.165, 1.54) is 0 Å². The van der Waals surface area contributed by atoms with Gasteiger partial charge in [0.15, 0.2) is 5.96 Å². The Morgan fingerprint density at radius 3 is 2.57 bits per heavy atom. The molecule has 0 aliphatic carbocycles. The molecule has 4 heteroatoms. The number of para-hydroxylation sites is 2. The Labute approximate surface area is 123 Å². The summed E-state index contributed by atoms with van der Waals surface area (Å²) in [5.74, 6) is 0.385. The number of benzene rings is 2. The van der Waals surface area contributed by atoms with Gasteiger partial charge in [-0.15, -0.1) is 0 Å². The molecule has 21 heavy (non-hydrogen) atoms. The molecule has 0 amide bonds. The maximum atomic E-state index is 5.88. The molecule has 0 unspecified atom stereocenters. The zero-order valence-corrected chi connectivity index (χ0v) is 11.5. The molecule has 0 atom stereocenters. The molecule has 0 fully saturated rings. The van der Waals surface area contributed by atoms with Crippen LogP contribution in [0.15, 0.2) is 71.7 Å². The van der Waals surface area contributed by atoms with E-state index in [1.54, 1.807) is 0 Å². The van der Waals surface area contributed by atoms with Crippen LogP contribution in [0.5, 0.6) is 0 Å². The summed E-state index contributed by atoms with van der Waals surface area (Å²) < 4.78 is 0. The highest BCUT2D eigenvalue weighted by molar-refractivity contribution is 5.92. The van der Waals surface area contributed by atoms with Crippen LogP contribution in [0.3, 0.4) is 0 Å². The predicted octanol–water partition coefficient (Wildman–Crippen LogP) is 3.16. The van der Waals surface area contributed by atoms with Crippen LogP contribution in [-0.4, -0.2) is 10.9 Å². The largest absolute Gasteiger partial charge is 0.370 e. The van der Waals surface area contributed by atoms with Crippen LogP contribution in [-0.2, 0) is 6.54 Å². The van der Waals surface area contributed by atoms with Crippen LogP contribution < -0.4 is 11.1 Å². The van der Waals surface area contributed by atoms with Crippen molar-refractivity contribution in [1.82, 2.24) is 4.98 Å². The number of nitrogens with two attached hydrogens (primary N) is 1. The van der Waals surface area contributed by atoms with E-state index in [9.17, 15) is 0 Å². The average Bonchev–Trinajstić information content (AvgIpc) is 2.54. The first-order valence-electron chi connectivity index (χ1n) is 6.78. The highest BCUT2D eigenvalue weighted by Gasteiger charge is 1.98. The number of aromatic nitrogens is 1. The zero-order chi connectivity index (χ0) is 14.5. The van der Waals surface area contributed by atoms with Gasteiger partial charge in [-0.05, 0) is 24.3 Å². The molecule has 0 bridgehead atoms. The fourth-order valence-corrected chi connectivity index (χ4v) is 2.07. The Bertz CT molecular complexity index is 766. The molecule has 3 rings (SSSR count). The smallest absolute Gasteiger partial charge is 0.193 e. The highest BCUT2D eigenvalue weighted by Crippen LogP contribution is 2.12. The lowest BCUT2D eigenvalue weighted by Gasteiger charge is -2.05. The maximum absolute atomic E-state index is 5.88. The van der Waals surface area contributed by atoms with Gasteiger partial charge in [-0.3, -0.25) is 4.98 Å². The van der Waals surface area contributed by atoms with Crippen LogP contribution in [0, 0.1) is 0 Å². The molecule has 3 aromatic rings. The van der Waals surface area contributed by atoms with Crippen LogP contribution in [0.2, 0.25) is 0 Å². The molecule has 1 aromatic heterocycles. The summed E-state index contributed by atoms with van der Waals surface area (Å²) >= 11 is 0. The van der Waals surface area contributed by atoms with E-state index in [0.717, 1.165) is 22.3 Å². The topological polar surface area (TPSA) is 63.3 Å². The Morgan fingerprint density at radius 2 is 1.71 bits per heavy atom. The molecule has 0 saturated heterocycles. The molecule has 0 saturated carbocycles. The Kier molecular flexibility index (Phi) is 3.78. The number of aliphatic imine (C=N–C) groups is 1. The van der Waals surface area contributed by atoms with Crippen LogP contribution in [0.25, 0.3) is 10.9 Å². The summed E-state index contributed by atoms with van der Waals surface area (Å²) in [4.78, 5) is 8.88. The van der Waals surface area contributed by atoms with Crippen molar-refractivity contribution in [3.05, 3.63) is 72.4 Å². The summed E-state index contributed by atoms with van der Waals surface area (Å²) in [5.41, 5.74) is 8.67. The van der Waals surface area contributed by atoms with Crippen molar-refractivity contribution in [2.45, 2.75) is 6.54 Å². The molecule has 2 aromatic carbocycles. The molecule has 0 aliphatic rings. The van der Waals surface area contributed by atoms with E-state index in [-0.39, 0.29) is 0 Å². The number of hydrogen-bond donors (Lipinski definition) is 2. The van der Waals surface area contributed by atoms with Gasteiger partial charge in [0.1, 0.15) is 0 Å². The van der Waals surface area contributed by atoms with Gasteiger partial charge in [0.25, 0.3) is 0 Å². The number of nitrogens with zero attached hydrogens (tertiary/aromatic N) is 2. The van der Waals surface area contributed by atoms with Crippen molar-refractivity contribution < 1.29 is 0 Å². The second-order valence-corrected chi connectivity index (χ2v) is 4.69. The second-order valence-electron chi connectivity index (χ2n) is 4.69. The van der Waals surface area contributed by atoms with Gasteiger partial charge < -0.3 is 11.1 Å². The van der Waals surface area contributed by atoms with E-state index < -0.39 is 0 Å². The number of guanidine groups is 1. The van der Waals surface area contributed by atoms with Gasteiger partial charge in [0, 0.05) is 11.1 Å².